The number of benzene rings is 3. The lowest BCUT2D eigenvalue weighted by Crippen LogP contribution is -2.29. The minimum absolute atomic E-state index is 0.131. The number of aliphatic hydroxyl groups excluding tert-OH is 1. The number of aryl methyl sites for hydroxylation is 2. The maximum atomic E-state index is 13.7. The van der Waals surface area contributed by atoms with E-state index in [9.17, 15) is 19.1 Å². The Balaban J connectivity index is 2.01. The summed E-state index contributed by atoms with van der Waals surface area (Å²) in [6.07, 6.45) is 0. The van der Waals surface area contributed by atoms with Crippen molar-refractivity contribution in [2.45, 2.75) is 19.9 Å². The fourth-order valence-electron chi connectivity index (χ4n) is 4.09. The highest BCUT2D eigenvalue weighted by atomic mass is 35.5. The van der Waals surface area contributed by atoms with E-state index in [2.05, 4.69) is 0 Å². The molecule has 0 spiro atoms. The lowest BCUT2D eigenvalue weighted by molar-refractivity contribution is -0.132. The molecule has 1 heterocycles. The fraction of sp³-hybridized carbons (Fsp3) is 0.154. The Bertz CT molecular complexity index is 1300. The molecule has 168 valence electrons. The number of carbonyl (C=O) groups excluding carboxylic acids is 2. The summed E-state index contributed by atoms with van der Waals surface area (Å²) in [4.78, 5) is 27.8. The maximum absolute atomic E-state index is 13.7. The van der Waals surface area contributed by atoms with Gasteiger partial charge in [0.05, 0.1) is 29.3 Å². The molecule has 1 aliphatic rings. The van der Waals surface area contributed by atoms with Crippen LogP contribution < -0.4 is 9.64 Å². The molecule has 4 rings (SSSR count). The first-order valence-electron chi connectivity index (χ1n) is 10.2. The average molecular weight is 466 g/mol. The second kappa shape index (κ2) is 8.71. The number of amides is 1. The smallest absolute Gasteiger partial charge is 0.300 e. The van der Waals surface area contributed by atoms with Crippen LogP contribution in [0, 0.1) is 19.7 Å². The molecule has 1 unspecified atom stereocenters. The molecule has 0 aromatic heterocycles. The van der Waals surface area contributed by atoms with Crippen molar-refractivity contribution >= 4 is 34.7 Å². The van der Waals surface area contributed by atoms with Crippen LogP contribution in [0.5, 0.6) is 5.75 Å². The molecule has 3 aromatic rings. The number of nitrogens with zero attached hydrogens (tertiary/aromatic N) is 1. The summed E-state index contributed by atoms with van der Waals surface area (Å²) in [6.45, 7) is 3.65. The second-order valence-electron chi connectivity index (χ2n) is 7.89. The van der Waals surface area contributed by atoms with Gasteiger partial charge >= 0.3 is 0 Å². The number of carbonyl (C=O) groups is 2. The molecule has 1 atom stereocenters. The molecule has 0 radical (unpaired) electrons. The highest BCUT2D eigenvalue weighted by Gasteiger charge is 2.47. The molecule has 3 aromatic carbocycles. The molecular formula is C26H21ClFNO4. The predicted octanol–water partition coefficient (Wildman–Crippen LogP) is 5.73. The topological polar surface area (TPSA) is 66.8 Å². The molecule has 1 N–H and O–H groups in total. The zero-order chi connectivity index (χ0) is 23.9. The van der Waals surface area contributed by atoms with E-state index >= 15 is 0 Å². The third-order valence-electron chi connectivity index (χ3n) is 5.56. The zero-order valence-corrected chi connectivity index (χ0v) is 19.0. The summed E-state index contributed by atoms with van der Waals surface area (Å²) in [5, 5.41) is 11.6. The largest absolute Gasteiger partial charge is 0.507 e. The van der Waals surface area contributed by atoms with Crippen molar-refractivity contribution in [2.24, 2.45) is 0 Å². The first kappa shape index (κ1) is 22.6. The molecule has 7 heteroatoms. The van der Waals surface area contributed by atoms with Crippen molar-refractivity contribution in [1.82, 2.24) is 0 Å². The molecule has 33 heavy (non-hydrogen) atoms. The van der Waals surface area contributed by atoms with Crippen molar-refractivity contribution in [3.05, 3.63) is 99.3 Å². The van der Waals surface area contributed by atoms with Crippen molar-refractivity contribution in [1.29, 1.82) is 0 Å². The minimum atomic E-state index is -0.976. The van der Waals surface area contributed by atoms with E-state index in [0.29, 0.717) is 11.3 Å². The summed E-state index contributed by atoms with van der Waals surface area (Å²) in [7, 11) is 1.40. The highest BCUT2D eigenvalue weighted by molar-refractivity contribution is 6.51. The molecule has 1 aliphatic heterocycles. The Morgan fingerprint density at radius 2 is 1.73 bits per heavy atom. The number of halogens is 2. The van der Waals surface area contributed by atoms with Gasteiger partial charge in [0.2, 0.25) is 0 Å². The third-order valence-corrected chi connectivity index (χ3v) is 5.84. The van der Waals surface area contributed by atoms with Crippen LogP contribution >= 0.6 is 11.6 Å². The Morgan fingerprint density at radius 1 is 1.03 bits per heavy atom. The van der Waals surface area contributed by atoms with Gasteiger partial charge < -0.3 is 9.84 Å². The van der Waals surface area contributed by atoms with Crippen LogP contribution in [0.1, 0.15) is 28.3 Å². The Hall–Kier alpha value is -3.64. The van der Waals surface area contributed by atoms with Crippen LogP contribution in [0.2, 0.25) is 5.02 Å². The molecule has 5 nitrogen and oxygen atoms in total. The molecule has 1 fully saturated rings. The number of hydrogen-bond donors (Lipinski definition) is 1. The lowest BCUT2D eigenvalue weighted by atomic mass is 9.94. The molecule has 1 amide bonds. The first-order chi connectivity index (χ1) is 15.7. The van der Waals surface area contributed by atoms with Gasteiger partial charge in [-0.25, -0.2) is 4.39 Å². The van der Waals surface area contributed by atoms with Crippen molar-refractivity contribution in [2.75, 3.05) is 12.0 Å². The zero-order valence-electron chi connectivity index (χ0n) is 18.2. The SMILES string of the molecule is COc1c(Cl)cc(C)cc1/C(O)=C1\C(=O)C(=O)N(c2cccc(C)c2)C1c1ccc(F)cc1. The van der Waals surface area contributed by atoms with Gasteiger partial charge in [0.1, 0.15) is 17.3 Å². The average Bonchev–Trinajstić information content (AvgIpc) is 3.04. The number of anilines is 1. The number of hydrogen-bond acceptors (Lipinski definition) is 4. The van der Waals surface area contributed by atoms with E-state index < -0.39 is 29.3 Å². The molecule has 1 saturated heterocycles. The quantitative estimate of drug-likeness (QED) is 0.303. The van der Waals surface area contributed by atoms with E-state index in [4.69, 9.17) is 16.3 Å². The van der Waals surface area contributed by atoms with Gasteiger partial charge in [-0.3, -0.25) is 14.5 Å². The van der Waals surface area contributed by atoms with Gasteiger partial charge in [0, 0.05) is 5.69 Å². The van der Waals surface area contributed by atoms with Gasteiger partial charge in [-0.1, -0.05) is 35.9 Å². The van der Waals surface area contributed by atoms with Crippen molar-refractivity contribution in [3.8, 4) is 5.75 Å². The summed E-state index contributed by atoms with van der Waals surface area (Å²) in [5.41, 5.74) is 2.63. The number of ketones is 1. The maximum Gasteiger partial charge on any atom is 0.300 e. The number of ether oxygens (including phenoxy) is 1. The summed E-state index contributed by atoms with van der Waals surface area (Å²) < 4.78 is 19.0. The molecular weight excluding hydrogens is 445 g/mol. The van der Waals surface area contributed by atoms with E-state index in [1.54, 1.807) is 37.3 Å². The van der Waals surface area contributed by atoms with Crippen LogP contribution in [0.15, 0.2) is 66.2 Å². The Labute approximate surface area is 195 Å². The van der Waals surface area contributed by atoms with Gasteiger partial charge in [-0.2, -0.15) is 0 Å². The van der Waals surface area contributed by atoms with E-state index in [0.717, 1.165) is 11.1 Å². The van der Waals surface area contributed by atoms with Crippen LogP contribution in [0.3, 0.4) is 0 Å². The van der Waals surface area contributed by atoms with Crippen LogP contribution in [-0.2, 0) is 9.59 Å². The summed E-state index contributed by atoms with van der Waals surface area (Å²) >= 11 is 6.30. The van der Waals surface area contributed by atoms with Crippen LogP contribution in [-0.4, -0.2) is 23.9 Å². The predicted molar refractivity (Wildman–Crippen MR) is 125 cm³/mol. The normalized spacial score (nSPS) is 17.5. The van der Waals surface area contributed by atoms with Gasteiger partial charge in [0.15, 0.2) is 0 Å². The lowest BCUT2D eigenvalue weighted by Gasteiger charge is -2.26. The standard InChI is InChI=1S/C26H21ClFNO4/c1-14-5-4-6-18(11-14)29-22(16-7-9-17(28)10-8-16)21(24(31)26(29)32)23(30)19-12-15(2)13-20(27)25(19)33-3/h4-13,22,30H,1-3H3/b23-21+. The second-order valence-corrected chi connectivity index (χ2v) is 8.29. The number of aliphatic hydroxyl groups is 1. The third kappa shape index (κ3) is 3.98. The Kier molecular flexibility index (Phi) is 5.95. The van der Waals surface area contributed by atoms with Crippen molar-refractivity contribution < 1.29 is 23.8 Å². The van der Waals surface area contributed by atoms with E-state index in [1.807, 2.05) is 13.0 Å². The minimum Gasteiger partial charge on any atom is -0.507 e. The highest BCUT2D eigenvalue weighted by Crippen LogP contribution is 2.44. The van der Waals surface area contributed by atoms with Gasteiger partial charge in [0.25, 0.3) is 11.7 Å². The van der Waals surface area contributed by atoms with Gasteiger partial charge in [-0.05, 0) is 66.9 Å². The molecule has 0 bridgehead atoms. The summed E-state index contributed by atoms with van der Waals surface area (Å²) in [5.74, 6) is -2.35. The van der Waals surface area contributed by atoms with E-state index in [-0.39, 0.29) is 21.9 Å². The summed E-state index contributed by atoms with van der Waals surface area (Å²) in [6, 6.07) is 14.9. The van der Waals surface area contributed by atoms with E-state index in [1.165, 1.54) is 36.3 Å². The number of methoxy groups -OCH3 is 1. The fourth-order valence-corrected chi connectivity index (χ4v) is 4.45. The Morgan fingerprint density at radius 3 is 2.36 bits per heavy atom. The first-order valence-corrected chi connectivity index (χ1v) is 10.6. The van der Waals surface area contributed by atoms with Gasteiger partial charge in [-0.15, -0.1) is 0 Å². The van der Waals surface area contributed by atoms with Crippen LogP contribution in [0.4, 0.5) is 10.1 Å². The number of rotatable bonds is 4. The van der Waals surface area contributed by atoms with Crippen LogP contribution in [0.25, 0.3) is 5.76 Å². The molecule has 0 saturated carbocycles. The molecule has 0 aliphatic carbocycles. The van der Waals surface area contributed by atoms with Crippen molar-refractivity contribution in [3.63, 3.8) is 0 Å². The number of Topliss-reactive ketones (excluding diaryl/α,β-unsaturated/α-hetero) is 1. The monoisotopic (exact) mass is 465 g/mol.